The topological polar surface area (TPSA) is 72.7 Å². The second-order valence-corrected chi connectivity index (χ2v) is 6.50. The Bertz CT molecular complexity index is 869. The molecule has 1 aliphatic carbocycles. The SMILES string of the molecule is Cc1ccc(C(NC(=O)c2cccc(-n3cnnn3)c2)C2CC2)cc1. The molecule has 1 saturated carbocycles. The average molecular weight is 333 g/mol. The van der Waals surface area contributed by atoms with Gasteiger partial charge in [0.2, 0.25) is 0 Å². The largest absolute Gasteiger partial charge is 0.345 e. The van der Waals surface area contributed by atoms with Crippen LogP contribution in [0.4, 0.5) is 0 Å². The Hall–Kier alpha value is -3.02. The van der Waals surface area contributed by atoms with Gasteiger partial charge in [-0.1, -0.05) is 35.9 Å². The number of tetrazole rings is 1. The van der Waals surface area contributed by atoms with Gasteiger partial charge in [0, 0.05) is 5.56 Å². The van der Waals surface area contributed by atoms with Crippen LogP contribution in [-0.2, 0) is 0 Å². The zero-order valence-electron chi connectivity index (χ0n) is 14.0. The van der Waals surface area contributed by atoms with Gasteiger partial charge in [-0.3, -0.25) is 4.79 Å². The van der Waals surface area contributed by atoms with Crippen molar-refractivity contribution in [3.05, 3.63) is 71.5 Å². The highest BCUT2D eigenvalue weighted by Gasteiger charge is 2.33. The van der Waals surface area contributed by atoms with E-state index in [4.69, 9.17) is 0 Å². The molecular weight excluding hydrogens is 314 g/mol. The smallest absolute Gasteiger partial charge is 0.251 e. The monoisotopic (exact) mass is 333 g/mol. The van der Waals surface area contributed by atoms with E-state index in [1.165, 1.54) is 16.6 Å². The van der Waals surface area contributed by atoms with Crippen LogP contribution in [0.3, 0.4) is 0 Å². The summed E-state index contributed by atoms with van der Waals surface area (Å²) in [6.07, 6.45) is 3.82. The molecule has 6 nitrogen and oxygen atoms in total. The molecule has 1 fully saturated rings. The van der Waals surface area contributed by atoms with Gasteiger partial charge in [0.1, 0.15) is 6.33 Å². The summed E-state index contributed by atoms with van der Waals surface area (Å²) in [5, 5.41) is 14.3. The third-order valence-corrected chi connectivity index (χ3v) is 4.54. The van der Waals surface area contributed by atoms with Gasteiger partial charge in [-0.2, -0.15) is 0 Å². The Balaban J connectivity index is 1.56. The van der Waals surface area contributed by atoms with E-state index in [0.29, 0.717) is 11.5 Å². The van der Waals surface area contributed by atoms with Crippen LogP contribution in [0, 0.1) is 12.8 Å². The maximum atomic E-state index is 12.8. The number of nitrogens with zero attached hydrogens (tertiary/aromatic N) is 4. The van der Waals surface area contributed by atoms with Crippen molar-refractivity contribution in [3.63, 3.8) is 0 Å². The van der Waals surface area contributed by atoms with Gasteiger partial charge in [0.15, 0.2) is 0 Å². The summed E-state index contributed by atoms with van der Waals surface area (Å²) >= 11 is 0. The Kier molecular flexibility index (Phi) is 4.01. The quantitative estimate of drug-likeness (QED) is 0.779. The predicted octanol–water partition coefficient (Wildman–Crippen LogP) is 2.85. The van der Waals surface area contributed by atoms with Crippen molar-refractivity contribution < 1.29 is 4.79 Å². The Morgan fingerprint density at radius 1 is 1.20 bits per heavy atom. The molecule has 0 saturated heterocycles. The first kappa shape index (κ1) is 15.5. The van der Waals surface area contributed by atoms with Crippen LogP contribution >= 0.6 is 0 Å². The molecule has 0 spiro atoms. The molecule has 25 heavy (non-hydrogen) atoms. The summed E-state index contributed by atoms with van der Waals surface area (Å²) in [5.74, 6) is 0.446. The molecule has 1 aromatic heterocycles. The first-order valence-corrected chi connectivity index (χ1v) is 8.41. The van der Waals surface area contributed by atoms with Crippen LogP contribution in [0.25, 0.3) is 5.69 Å². The lowest BCUT2D eigenvalue weighted by Gasteiger charge is -2.19. The normalized spacial score (nSPS) is 14.9. The first-order valence-electron chi connectivity index (χ1n) is 8.41. The number of carbonyl (C=O) groups is 1. The van der Waals surface area contributed by atoms with Crippen LogP contribution in [0.1, 0.15) is 40.4 Å². The highest BCUT2D eigenvalue weighted by molar-refractivity contribution is 5.95. The highest BCUT2D eigenvalue weighted by atomic mass is 16.1. The van der Waals surface area contributed by atoms with Crippen molar-refractivity contribution in [2.45, 2.75) is 25.8 Å². The maximum Gasteiger partial charge on any atom is 0.251 e. The van der Waals surface area contributed by atoms with E-state index in [9.17, 15) is 4.79 Å². The van der Waals surface area contributed by atoms with Crippen molar-refractivity contribution in [2.24, 2.45) is 5.92 Å². The standard InChI is InChI=1S/C19H19N5O/c1-13-5-7-14(8-6-13)18(15-9-10-15)21-19(25)16-3-2-4-17(11-16)24-12-20-22-23-24/h2-8,11-12,15,18H,9-10H2,1H3,(H,21,25). The zero-order chi connectivity index (χ0) is 17.2. The Morgan fingerprint density at radius 2 is 2.00 bits per heavy atom. The highest BCUT2D eigenvalue weighted by Crippen LogP contribution is 2.41. The molecule has 6 heteroatoms. The predicted molar refractivity (Wildman–Crippen MR) is 93.3 cm³/mol. The lowest BCUT2D eigenvalue weighted by Crippen LogP contribution is -2.30. The molecule has 1 N–H and O–H groups in total. The molecule has 0 bridgehead atoms. The van der Waals surface area contributed by atoms with Crippen LogP contribution in [0.2, 0.25) is 0 Å². The third-order valence-electron chi connectivity index (χ3n) is 4.54. The lowest BCUT2D eigenvalue weighted by molar-refractivity contribution is 0.0931. The zero-order valence-corrected chi connectivity index (χ0v) is 14.0. The van der Waals surface area contributed by atoms with Crippen molar-refractivity contribution >= 4 is 5.91 Å². The van der Waals surface area contributed by atoms with Crippen molar-refractivity contribution in [1.82, 2.24) is 25.5 Å². The maximum absolute atomic E-state index is 12.8. The number of nitrogens with one attached hydrogen (secondary N) is 1. The molecule has 1 atom stereocenters. The second-order valence-electron chi connectivity index (χ2n) is 6.50. The first-order chi connectivity index (χ1) is 12.2. The molecule has 2 aromatic carbocycles. The minimum absolute atomic E-state index is 0.0600. The summed E-state index contributed by atoms with van der Waals surface area (Å²) in [7, 11) is 0. The van der Waals surface area contributed by atoms with Gasteiger partial charge < -0.3 is 5.32 Å². The molecule has 0 aliphatic heterocycles. The van der Waals surface area contributed by atoms with Gasteiger partial charge in [-0.15, -0.1) is 5.10 Å². The fourth-order valence-corrected chi connectivity index (χ4v) is 2.97. The van der Waals surface area contributed by atoms with Crippen LogP contribution in [0.5, 0.6) is 0 Å². The van der Waals surface area contributed by atoms with E-state index in [2.05, 4.69) is 52.0 Å². The lowest BCUT2D eigenvalue weighted by atomic mass is 10.0. The van der Waals surface area contributed by atoms with Gasteiger partial charge in [-0.05, 0) is 59.9 Å². The number of hydrogen-bond acceptors (Lipinski definition) is 4. The van der Waals surface area contributed by atoms with E-state index >= 15 is 0 Å². The van der Waals surface area contributed by atoms with E-state index in [1.54, 1.807) is 6.07 Å². The van der Waals surface area contributed by atoms with Crippen molar-refractivity contribution in [1.29, 1.82) is 0 Å². The third kappa shape index (κ3) is 3.42. The summed E-state index contributed by atoms with van der Waals surface area (Å²) < 4.78 is 1.54. The molecule has 3 aromatic rings. The molecule has 1 unspecified atom stereocenters. The molecule has 4 rings (SSSR count). The Labute approximate surface area is 145 Å². The number of carbonyl (C=O) groups excluding carboxylic acids is 1. The molecule has 1 amide bonds. The average Bonchev–Trinajstić information content (AvgIpc) is 3.33. The van der Waals surface area contributed by atoms with Crippen LogP contribution in [0.15, 0.2) is 54.9 Å². The van der Waals surface area contributed by atoms with Crippen molar-refractivity contribution in [3.8, 4) is 5.69 Å². The fourth-order valence-electron chi connectivity index (χ4n) is 2.97. The van der Waals surface area contributed by atoms with E-state index in [-0.39, 0.29) is 11.9 Å². The summed E-state index contributed by atoms with van der Waals surface area (Å²) in [4.78, 5) is 12.8. The van der Waals surface area contributed by atoms with Crippen LogP contribution in [-0.4, -0.2) is 26.1 Å². The number of rotatable bonds is 5. The van der Waals surface area contributed by atoms with Gasteiger partial charge in [-0.25, -0.2) is 4.68 Å². The number of amides is 1. The minimum atomic E-state index is -0.0765. The number of aryl methyl sites for hydroxylation is 1. The molecular formula is C19H19N5O. The second kappa shape index (κ2) is 6.47. The van der Waals surface area contributed by atoms with Gasteiger partial charge >= 0.3 is 0 Å². The molecule has 1 aliphatic rings. The fraction of sp³-hybridized carbons (Fsp3) is 0.263. The van der Waals surface area contributed by atoms with Gasteiger partial charge in [0.25, 0.3) is 5.91 Å². The summed E-state index contributed by atoms with van der Waals surface area (Å²) in [6.45, 7) is 2.07. The van der Waals surface area contributed by atoms with E-state index in [1.807, 2.05) is 18.2 Å². The van der Waals surface area contributed by atoms with Crippen LogP contribution < -0.4 is 5.32 Å². The Morgan fingerprint density at radius 3 is 2.68 bits per heavy atom. The number of aromatic nitrogens is 4. The molecule has 0 radical (unpaired) electrons. The molecule has 126 valence electrons. The molecule has 1 heterocycles. The van der Waals surface area contributed by atoms with E-state index < -0.39 is 0 Å². The number of hydrogen-bond donors (Lipinski definition) is 1. The van der Waals surface area contributed by atoms with Gasteiger partial charge in [0.05, 0.1) is 11.7 Å². The summed E-state index contributed by atoms with van der Waals surface area (Å²) in [6, 6.07) is 15.8. The minimum Gasteiger partial charge on any atom is -0.345 e. The number of benzene rings is 2. The van der Waals surface area contributed by atoms with E-state index in [0.717, 1.165) is 24.1 Å². The van der Waals surface area contributed by atoms with Crippen molar-refractivity contribution in [2.75, 3.05) is 0 Å². The summed E-state index contributed by atoms with van der Waals surface area (Å²) in [5.41, 5.74) is 3.75.